The summed E-state index contributed by atoms with van der Waals surface area (Å²) in [5.41, 5.74) is 3.66. The highest BCUT2D eigenvalue weighted by atomic mass is 16.5. The van der Waals surface area contributed by atoms with Crippen LogP contribution in [0.25, 0.3) is 6.08 Å². The van der Waals surface area contributed by atoms with Gasteiger partial charge in [-0.1, -0.05) is 42.0 Å². The largest absolute Gasteiger partial charge is 0.497 e. The molecule has 0 aliphatic carbocycles. The van der Waals surface area contributed by atoms with Crippen molar-refractivity contribution < 1.29 is 14.6 Å². The van der Waals surface area contributed by atoms with Crippen LogP contribution < -0.4 is 4.74 Å². The van der Waals surface area contributed by atoms with Crippen LogP contribution in [0.15, 0.2) is 54.6 Å². The number of aliphatic hydroxyl groups is 1. The third kappa shape index (κ3) is 6.96. The lowest BCUT2D eigenvalue weighted by molar-refractivity contribution is -0.127. The number of ether oxygens (including phenoxy) is 1. The number of carbonyl (C=O) groups excluding carboxylic acids is 1. The van der Waals surface area contributed by atoms with Crippen molar-refractivity contribution >= 4 is 12.0 Å². The Kier molecular flexibility index (Phi) is 9.00. The first-order valence-corrected chi connectivity index (χ1v) is 13.1. The lowest BCUT2D eigenvalue weighted by atomic mass is 9.83. The molecule has 1 unspecified atom stereocenters. The van der Waals surface area contributed by atoms with Crippen LogP contribution in [0.1, 0.15) is 48.3 Å². The van der Waals surface area contributed by atoms with Gasteiger partial charge in [-0.15, -0.1) is 0 Å². The number of hydrogen-bond acceptors (Lipinski definition) is 4. The molecule has 1 atom stereocenters. The average Bonchev–Trinajstić information content (AvgIpc) is 2.91. The van der Waals surface area contributed by atoms with Gasteiger partial charge in [-0.3, -0.25) is 4.79 Å². The van der Waals surface area contributed by atoms with Crippen molar-refractivity contribution in [2.24, 2.45) is 11.8 Å². The summed E-state index contributed by atoms with van der Waals surface area (Å²) >= 11 is 0. The van der Waals surface area contributed by atoms with Crippen LogP contribution in [0.4, 0.5) is 0 Å². The van der Waals surface area contributed by atoms with E-state index in [9.17, 15) is 9.90 Å². The molecule has 2 fully saturated rings. The van der Waals surface area contributed by atoms with Crippen LogP contribution in [0.2, 0.25) is 0 Å². The number of amides is 1. The Balaban J connectivity index is 1.22. The summed E-state index contributed by atoms with van der Waals surface area (Å²) in [7, 11) is 1.70. The minimum Gasteiger partial charge on any atom is -0.497 e. The zero-order chi connectivity index (χ0) is 24.6. The molecule has 2 aliphatic heterocycles. The van der Waals surface area contributed by atoms with Gasteiger partial charge in [0, 0.05) is 32.3 Å². The first kappa shape index (κ1) is 25.5. The molecule has 2 aromatic rings. The van der Waals surface area contributed by atoms with E-state index in [0.717, 1.165) is 69.7 Å². The fraction of sp³-hybridized carbons (Fsp3) is 0.500. The Morgan fingerprint density at radius 3 is 2.40 bits per heavy atom. The van der Waals surface area contributed by atoms with Crippen LogP contribution in [0.3, 0.4) is 0 Å². The van der Waals surface area contributed by atoms with E-state index in [1.54, 1.807) is 13.2 Å². The molecule has 1 amide bonds. The molecule has 188 valence electrons. The van der Waals surface area contributed by atoms with Gasteiger partial charge in [-0.05, 0) is 92.8 Å². The Morgan fingerprint density at radius 1 is 1.06 bits per heavy atom. The molecule has 5 nitrogen and oxygen atoms in total. The van der Waals surface area contributed by atoms with Crippen molar-refractivity contribution in [1.29, 1.82) is 0 Å². The summed E-state index contributed by atoms with van der Waals surface area (Å²) in [6.45, 7) is 6.95. The van der Waals surface area contributed by atoms with Gasteiger partial charge in [-0.25, -0.2) is 0 Å². The van der Waals surface area contributed by atoms with Crippen molar-refractivity contribution in [3.63, 3.8) is 0 Å². The van der Waals surface area contributed by atoms with Crippen LogP contribution in [0, 0.1) is 18.8 Å². The Bertz CT molecular complexity index is 971. The minimum atomic E-state index is 0.0890. The van der Waals surface area contributed by atoms with E-state index in [4.69, 9.17) is 4.74 Å². The van der Waals surface area contributed by atoms with Crippen molar-refractivity contribution in [1.82, 2.24) is 9.80 Å². The number of hydrogen-bond donors (Lipinski definition) is 1. The number of benzene rings is 2. The predicted molar refractivity (Wildman–Crippen MR) is 142 cm³/mol. The lowest BCUT2D eigenvalue weighted by Crippen LogP contribution is -2.44. The molecule has 2 aliphatic rings. The molecule has 2 aromatic carbocycles. The monoisotopic (exact) mass is 476 g/mol. The first-order chi connectivity index (χ1) is 17.1. The maximum absolute atomic E-state index is 12.7. The summed E-state index contributed by atoms with van der Waals surface area (Å²) in [5, 5.41) is 10.2. The van der Waals surface area contributed by atoms with E-state index in [1.165, 1.54) is 11.1 Å². The summed E-state index contributed by atoms with van der Waals surface area (Å²) in [6, 6.07) is 16.7. The molecule has 0 bridgehead atoms. The number of methoxy groups -OCH3 is 1. The molecular formula is C30H40N2O3. The van der Waals surface area contributed by atoms with Gasteiger partial charge in [0.1, 0.15) is 5.75 Å². The standard InChI is InChI=1S/C30H40N2O3/c1-23-4-3-5-24(20-23)6-11-30(34)32-18-14-27(15-19-32)28(22-33)21-31-16-12-26(13-17-31)25-7-9-29(35-2)10-8-25/h3-11,20,26-28,33H,12-19,21-22H2,1-2H3. The van der Waals surface area contributed by atoms with E-state index in [0.29, 0.717) is 11.8 Å². The van der Waals surface area contributed by atoms with Gasteiger partial charge in [0.25, 0.3) is 0 Å². The topological polar surface area (TPSA) is 53.0 Å². The molecule has 4 rings (SSSR count). The molecule has 2 heterocycles. The van der Waals surface area contributed by atoms with E-state index >= 15 is 0 Å². The maximum Gasteiger partial charge on any atom is 0.246 e. The predicted octanol–water partition coefficient (Wildman–Crippen LogP) is 4.74. The smallest absolute Gasteiger partial charge is 0.246 e. The van der Waals surface area contributed by atoms with Crippen LogP contribution in [-0.4, -0.2) is 67.3 Å². The van der Waals surface area contributed by atoms with Gasteiger partial charge < -0.3 is 19.6 Å². The number of aryl methyl sites for hydroxylation is 1. The SMILES string of the molecule is COc1ccc(C2CCN(CC(CO)C3CCN(C(=O)C=Cc4cccc(C)c4)CC3)CC2)cc1. The number of likely N-dealkylation sites (tertiary alicyclic amines) is 2. The van der Waals surface area contributed by atoms with E-state index in [-0.39, 0.29) is 18.4 Å². The van der Waals surface area contributed by atoms with Gasteiger partial charge in [0.2, 0.25) is 5.91 Å². The van der Waals surface area contributed by atoms with Crippen LogP contribution >= 0.6 is 0 Å². The molecule has 0 saturated carbocycles. The van der Waals surface area contributed by atoms with E-state index < -0.39 is 0 Å². The summed E-state index contributed by atoms with van der Waals surface area (Å²) in [5.74, 6) is 2.36. The van der Waals surface area contributed by atoms with Crippen LogP contribution in [-0.2, 0) is 4.79 Å². The molecule has 0 aromatic heterocycles. The van der Waals surface area contributed by atoms with Gasteiger partial charge in [-0.2, -0.15) is 0 Å². The van der Waals surface area contributed by atoms with Gasteiger partial charge >= 0.3 is 0 Å². The number of rotatable bonds is 8. The van der Waals surface area contributed by atoms with E-state index in [1.807, 2.05) is 23.1 Å². The molecule has 1 N–H and O–H groups in total. The molecule has 5 heteroatoms. The summed E-state index contributed by atoms with van der Waals surface area (Å²) in [6.07, 6.45) is 7.86. The van der Waals surface area contributed by atoms with Crippen molar-refractivity contribution in [3.8, 4) is 5.75 Å². The fourth-order valence-corrected chi connectivity index (χ4v) is 5.65. The number of nitrogens with zero attached hydrogens (tertiary/aromatic N) is 2. The van der Waals surface area contributed by atoms with Crippen molar-refractivity contribution in [2.45, 2.75) is 38.5 Å². The molecular weight excluding hydrogens is 436 g/mol. The maximum atomic E-state index is 12.7. The van der Waals surface area contributed by atoms with Crippen molar-refractivity contribution in [3.05, 3.63) is 71.3 Å². The molecule has 0 radical (unpaired) electrons. The quantitative estimate of drug-likeness (QED) is 0.559. The fourth-order valence-electron chi connectivity index (χ4n) is 5.65. The highest BCUT2D eigenvalue weighted by molar-refractivity contribution is 5.91. The normalized spacial score (nSPS) is 19.2. The highest BCUT2D eigenvalue weighted by Crippen LogP contribution is 2.31. The summed E-state index contributed by atoms with van der Waals surface area (Å²) in [4.78, 5) is 17.2. The van der Waals surface area contributed by atoms with Crippen molar-refractivity contribution in [2.75, 3.05) is 46.4 Å². The number of piperidine rings is 2. The van der Waals surface area contributed by atoms with Crippen LogP contribution in [0.5, 0.6) is 5.75 Å². The third-order valence-corrected chi connectivity index (χ3v) is 7.88. The highest BCUT2D eigenvalue weighted by Gasteiger charge is 2.30. The molecule has 35 heavy (non-hydrogen) atoms. The number of aliphatic hydroxyl groups excluding tert-OH is 1. The Labute approximate surface area is 210 Å². The molecule has 0 spiro atoms. The average molecular weight is 477 g/mol. The summed E-state index contributed by atoms with van der Waals surface area (Å²) < 4.78 is 5.28. The van der Waals surface area contributed by atoms with Gasteiger partial charge in [0.05, 0.1) is 7.11 Å². The van der Waals surface area contributed by atoms with E-state index in [2.05, 4.69) is 48.2 Å². The van der Waals surface area contributed by atoms with Gasteiger partial charge in [0.15, 0.2) is 0 Å². The Hall–Kier alpha value is -2.63. The zero-order valence-electron chi connectivity index (χ0n) is 21.2. The first-order valence-electron chi connectivity index (χ1n) is 13.1. The second kappa shape index (κ2) is 12.4. The minimum absolute atomic E-state index is 0.0890. The Morgan fingerprint density at radius 2 is 1.77 bits per heavy atom. The second-order valence-corrected chi connectivity index (χ2v) is 10.2. The zero-order valence-corrected chi connectivity index (χ0v) is 21.2. The second-order valence-electron chi connectivity index (χ2n) is 10.2. The third-order valence-electron chi connectivity index (χ3n) is 7.88. The molecule has 2 saturated heterocycles. The lowest BCUT2D eigenvalue weighted by Gasteiger charge is -2.39. The number of carbonyl (C=O) groups is 1.